The Hall–Kier alpha value is -3.24. The first kappa shape index (κ1) is 24.1. The number of nitrogens with zero attached hydrogens (tertiary/aromatic N) is 2. The smallest absolute Gasteiger partial charge is 0.166 e. The minimum absolute atomic E-state index is 0.0984. The molecular formula is C34H35N3O6. The molecule has 8 aliphatic rings. The first-order valence-corrected chi connectivity index (χ1v) is 15.8. The lowest BCUT2D eigenvalue weighted by molar-refractivity contribution is -0.170. The number of phenols is 2. The first-order valence-electron chi connectivity index (χ1n) is 15.8. The van der Waals surface area contributed by atoms with E-state index in [9.17, 15) is 20.4 Å². The monoisotopic (exact) mass is 581 g/mol. The molecule has 3 aromatic rings. The molecule has 2 spiro atoms. The number of phenolic OH excluding ortho intramolecular Hbond substituents is 2. The zero-order chi connectivity index (χ0) is 29.0. The number of rotatable bonds is 0. The summed E-state index contributed by atoms with van der Waals surface area (Å²) in [5, 5.41) is 48.2. The van der Waals surface area contributed by atoms with E-state index in [1.807, 2.05) is 12.1 Å². The molecule has 0 radical (unpaired) electrons. The van der Waals surface area contributed by atoms with Gasteiger partial charge in [-0.15, -0.1) is 0 Å². The fraction of sp³-hybridized carbons (Fsp3) is 0.529. The molecule has 5 heterocycles. The number of likely N-dealkylation sites (N-methyl/N-ethyl adjacent to an activating group) is 2. The van der Waals surface area contributed by atoms with Crippen molar-refractivity contribution in [3.8, 4) is 23.0 Å². The predicted octanol–water partition coefficient (Wildman–Crippen LogP) is 2.26. The first-order chi connectivity index (χ1) is 20.6. The maximum absolute atomic E-state index is 13.1. The molecule has 2 fully saturated rings. The van der Waals surface area contributed by atoms with Gasteiger partial charge in [-0.2, -0.15) is 0 Å². The molecule has 222 valence electrons. The van der Waals surface area contributed by atoms with Crippen LogP contribution in [-0.4, -0.2) is 85.7 Å². The molecule has 4 bridgehead atoms. The fourth-order valence-corrected chi connectivity index (χ4v) is 11.9. The Bertz CT molecular complexity index is 1720. The van der Waals surface area contributed by atoms with Crippen LogP contribution in [0.4, 0.5) is 0 Å². The van der Waals surface area contributed by atoms with Crippen LogP contribution in [0.15, 0.2) is 24.3 Å². The van der Waals surface area contributed by atoms with Gasteiger partial charge in [0, 0.05) is 36.1 Å². The molecule has 2 saturated heterocycles. The van der Waals surface area contributed by atoms with E-state index in [1.54, 1.807) is 12.1 Å². The lowest BCUT2D eigenvalue weighted by atomic mass is 9.47. The molecule has 8 atom stereocenters. The van der Waals surface area contributed by atoms with Crippen LogP contribution < -0.4 is 9.47 Å². The molecule has 9 heteroatoms. The highest BCUT2D eigenvalue weighted by Gasteiger charge is 2.76. The van der Waals surface area contributed by atoms with Crippen LogP contribution in [-0.2, 0) is 36.5 Å². The van der Waals surface area contributed by atoms with Crippen molar-refractivity contribution in [1.29, 1.82) is 0 Å². The molecular weight excluding hydrogens is 546 g/mol. The Labute approximate surface area is 248 Å². The molecule has 9 nitrogen and oxygen atoms in total. The van der Waals surface area contributed by atoms with Gasteiger partial charge in [0.15, 0.2) is 35.2 Å². The van der Waals surface area contributed by atoms with Gasteiger partial charge < -0.3 is 44.7 Å². The Morgan fingerprint density at radius 2 is 1.16 bits per heavy atom. The summed E-state index contributed by atoms with van der Waals surface area (Å²) in [6, 6.07) is 7.27. The minimum Gasteiger partial charge on any atom is -0.504 e. The molecule has 0 unspecified atom stereocenters. The molecule has 4 aliphatic carbocycles. The summed E-state index contributed by atoms with van der Waals surface area (Å²) in [6.07, 6.45) is 2.73. The topological polar surface area (TPSA) is 122 Å². The Balaban J connectivity index is 1.19. The predicted molar refractivity (Wildman–Crippen MR) is 154 cm³/mol. The SMILES string of the molecule is CN1CC[C@]23c4c5ccc(O)c4O[C@H]2c2[nH]c4c(c2C[C@@]3(O)[C@H]1C5)C[C@@]1(O)[C@H]2Cc3ccc(O)c5c3[C@@]1(CCN2C)[C@H]4O5. The number of aromatic amines is 1. The van der Waals surface area contributed by atoms with E-state index in [0.717, 1.165) is 70.7 Å². The molecule has 2 aromatic carbocycles. The second kappa shape index (κ2) is 6.86. The van der Waals surface area contributed by atoms with Gasteiger partial charge in [0.25, 0.3) is 0 Å². The molecule has 0 amide bonds. The van der Waals surface area contributed by atoms with Gasteiger partial charge in [-0.1, -0.05) is 12.1 Å². The summed E-state index contributed by atoms with van der Waals surface area (Å²) in [6.45, 7) is 1.66. The van der Waals surface area contributed by atoms with Crippen LogP contribution in [0.1, 0.15) is 69.8 Å². The standard InChI is InChI=1S/C34H35N3O6/c1-36-9-7-31-23-15-3-5-19(38)27(23)42-29(31)25-17(13-33(31,40)21(36)11-15)18-14-34(41)22-12-16-4-6-20(39)28-24(16)32(34,8-10-37(22)2)30(43-28)26(18)35-25/h3-6,21-22,29-30,35,38-41H,7-14H2,1-2H3/t21-,22-,29+,30+,31+,32+,33-,34-/m1/s1. The van der Waals surface area contributed by atoms with Crippen molar-refractivity contribution in [3.63, 3.8) is 0 Å². The average Bonchev–Trinajstić information content (AvgIpc) is 3.62. The maximum atomic E-state index is 13.1. The van der Waals surface area contributed by atoms with Crippen LogP contribution in [0.25, 0.3) is 0 Å². The number of aliphatic hydroxyl groups is 2. The quantitative estimate of drug-likeness (QED) is 0.274. The number of hydrogen-bond acceptors (Lipinski definition) is 8. The number of aromatic nitrogens is 1. The molecule has 11 rings (SSSR count). The van der Waals surface area contributed by atoms with Gasteiger partial charge in [-0.05, 0) is 87.3 Å². The van der Waals surface area contributed by atoms with Crippen molar-refractivity contribution in [2.75, 3.05) is 27.2 Å². The van der Waals surface area contributed by atoms with Crippen molar-refractivity contribution in [2.45, 2.75) is 84.8 Å². The van der Waals surface area contributed by atoms with Crippen LogP contribution in [0.3, 0.4) is 0 Å². The number of fused-ring (bicyclic) bond motifs is 5. The average molecular weight is 582 g/mol. The molecule has 43 heavy (non-hydrogen) atoms. The number of likely N-dealkylation sites (tertiary alicyclic amines) is 2. The lowest BCUT2D eigenvalue weighted by Gasteiger charge is -2.63. The summed E-state index contributed by atoms with van der Waals surface area (Å²) >= 11 is 0. The van der Waals surface area contributed by atoms with Gasteiger partial charge in [0.1, 0.15) is 0 Å². The van der Waals surface area contributed by atoms with Crippen molar-refractivity contribution in [2.24, 2.45) is 0 Å². The highest BCUT2D eigenvalue weighted by Crippen LogP contribution is 2.72. The van der Waals surface area contributed by atoms with E-state index < -0.39 is 34.2 Å². The second-order valence-corrected chi connectivity index (χ2v) is 14.8. The van der Waals surface area contributed by atoms with E-state index in [1.165, 1.54) is 0 Å². The largest absolute Gasteiger partial charge is 0.504 e. The molecule has 4 aliphatic heterocycles. The van der Waals surface area contributed by atoms with Crippen molar-refractivity contribution >= 4 is 0 Å². The molecule has 1 aromatic heterocycles. The van der Waals surface area contributed by atoms with E-state index in [2.05, 4.69) is 28.9 Å². The number of aromatic hydroxyl groups is 2. The molecule has 5 N–H and O–H groups in total. The third kappa shape index (κ3) is 2.19. The van der Waals surface area contributed by atoms with E-state index >= 15 is 0 Å². The van der Waals surface area contributed by atoms with Gasteiger partial charge >= 0.3 is 0 Å². The van der Waals surface area contributed by atoms with Gasteiger partial charge in [-0.3, -0.25) is 0 Å². The van der Waals surface area contributed by atoms with E-state index in [4.69, 9.17) is 9.47 Å². The minimum atomic E-state index is -1.11. The van der Waals surface area contributed by atoms with Crippen LogP contribution >= 0.6 is 0 Å². The van der Waals surface area contributed by atoms with Crippen molar-refractivity contribution < 1.29 is 29.9 Å². The van der Waals surface area contributed by atoms with Crippen molar-refractivity contribution in [1.82, 2.24) is 14.8 Å². The van der Waals surface area contributed by atoms with Gasteiger partial charge in [-0.25, -0.2) is 0 Å². The highest BCUT2D eigenvalue weighted by molar-refractivity contribution is 5.68. The van der Waals surface area contributed by atoms with Crippen LogP contribution in [0, 0.1) is 0 Å². The Morgan fingerprint density at radius 3 is 1.60 bits per heavy atom. The fourth-order valence-electron chi connectivity index (χ4n) is 11.9. The summed E-state index contributed by atoms with van der Waals surface area (Å²) < 4.78 is 13.6. The number of benzene rings is 2. The maximum Gasteiger partial charge on any atom is 0.166 e. The normalized spacial score (nSPS) is 42.0. The van der Waals surface area contributed by atoms with E-state index in [-0.39, 0.29) is 23.6 Å². The number of piperidine rings is 2. The summed E-state index contributed by atoms with van der Waals surface area (Å²) in [7, 11) is 4.21. The van der Waals surface area contributed by atoms with Crippen LogP contribution in [0.5, 0.6) is 23.0 Å². The third-order valence-electron chi connectivity index (χ3n) is 13.7. The second-order valence-electron chi connectivity index (χ2n) is 14.8. The number of H-pyrrole nitrogens is 1. The summed E-state index contributed by atoms with van der Waals surface area (Å²) in [4.78, 5) is 8.42. The van der Waals surface area contributed by atoms with Gasteiger partial charge in [0.2, 0.25) is 0 Å². The number of ether oxygens (including phenoxy) is 2. The van der Waals surface area contributed by atoms with E-state index in [0.29, 0.717) is 37.2 Å². The summed E-state index contributed by atoms with van der Waals surface area (Å²) in [5.41, 5.74) is 4.57. The van der Waals surface area contributed by atoms with Crippen LogP contribution in [0.2, 0.25) is 0 Å². The third-order valence-corrected chi connectivity index (χ3v) is 13.7. The number of hydrogen-bond donors (Lipinski definition) is 5. The number of nitrogens with one attached hydrogen (secondary N) is 1. The zero-order valence-corrected chi connectivity index (χ0v) is 24.3. The molecule has 0 saturated carbocycles. The highest BCUT2D eigenvalue weighted by atomic mass is 16.5. The Kier molecular flexibility index (Phi) is 3.85. The Morgan fingerprint density at radius 1 is 0.721 bits per heavy atom. The lowest BCUT2D eigenvalue weighted by Crippen LogP contribution is -2.74. The zero-order valence-electron chi connectivity index (χ0n) is 24.3. The van der Waals surface area contributed by atoms with Crippen molar-refractivity contribution in [3.05, 3.63) is 69.0 Å². The van der Waals surface area contributed by atoms with Gasteiger partial charge in [0.05, 0.1) is 33.4 Å². The summed E-state index contributed by atoms with van der Waals surface area (Å²) in [5.74, 6) is 1.25.